The van der Waals surface area contributed by atoms with Crippen molar-refractivity contribution in [3.63, 3.8) is 0 Å². The maximum Gasteiger partial charge on any atom is 0.0390 e. The number of piperazine rings is 1. The van der Waals surface area contributed by atoms with Gasteiger partial charge in [-0.2, -0.15) is 0 Å². The molecule has 1 fully saturated rings. The van der Waals surface area contributed by atoms with E-state index in [2.05, 4.69) is 42.7 Å². The van der Waals surface area contributed by atoms with Crippen molar-refractivity contribution in [1.82, 2.24) is 4.90 Å². The van der Waals surface area contributed by atoms with Crippen LogP contribution in [0.15, 0.2) is 18.2 Å². The Balaban J connectivity index is 2.13. The van der Waals surface area contributed by atoms with E-state index in [4.69, 9.17) is 5.73 Å². The van der Waals surface area contributed by atoms with Crippen molar-refractivity contribution in [2.75, 3.05) is 36.8 Å². The number of hydrogen-bond acceptors (Lipinski definition) is 3. The molecule has 17 heavy (non-hydrogen) atoms. The lowest BCUT2D eigenvalue weighted by molar-refractivity contribution is 0.199. The van der Waals surface area contributed by atoms with Crippen LogP contribution in [0.5, 0.6) is 0 Å². The molecule has 0 aromatic heterocycles. The minimum Gasteiger partial charge on any atom is -0.399 e. The lowest BCUT2D eigenvalue weighted by Crippen LogP contribution is -2.51. The lowest BCUT2D eigenvalue weighted by atomic mass is 10.1. The predicted octanol–water partition coefficient (Wildman–Crippen LogP) is 2.11. The molecule has 1 heterocycles. The summed E-state index contributed by atoms with van der Waals surface area (Å²) in [4.78, 5) is 4.97. The SMILES string of the molecule is CCN1CCN(c2cc(C)cc(N)c2)CC1C. The van der Waals surface area contributed by atoms with Crippen LogP contribution in [0.1, 0.15) is 19.4 Å². The van der Waals surface area contributed by atoms with Crippen molar-refractivity contribution >= 4 is 11.4 Å². The number of likely N-dealkylation sites (N-methyl/N-ethyl adjacent to an activating group) is 1. The Morgan fingerprint density at radius 3 is 2.65 bits per heavy atom. The summed E-state index contributed by atoms with van der Waals surface area (Å²) in [5.74, 6) is 0. The number of rotatable bonds is 2. The molecule has 1 atom stereocenters. The van der Waals surface area contributed by atoms with Crippen LogP contribution in [0.25, 0.3) is 0 Å². The van der Waals surface area contributed by atoms with Gasteiger partial charge in [0.15, 0.2) is 0 Å². The Hall–Kier alpha value is -1.22. The smallest absolute Gasteiger partial charge is 0.0390 e. The highest BCUT2D eigenvalue weighted by Crippen LogP contribution is 2.23. The van der Waals surface area contributed by atoms with Gasteiger partial charge in [0.1, 0.15) is 0 Å². The minimum absolute atomic E-state index is 0.621. The van der Waals surface area contributed by atoms with E-state index in [-0.39, 0.29) is 0 Å². The molecule has 1 aromatic rings. The fourth-order valence-corrected chi connectivity index (χ4v) is 2.67. The molecule has 0 saturated carbocycles. The number of hydrogen-bond donors (Lipinski definition) is 1. The van der Waals surface area contributed by atoms with Gasteiger partial charge in [-0.15, -0.1) is 0 Å². The molecule has 2 N–H and O–H groups in total. The second kappa shape index (κ2) is 4.96. The van der Waals surface area contributed by atoms with E-state index in [1.807, 2.05) is 6.07 Å². The Bertz CT molecular complexity index is 369. The molecular weight excluding hydrogens is 210 g/mol. The van der Waals surface area contributed by atoms with Gasteiger partial charge in [-0.25, -0.2) is 0 Å². The van der Waals surface area contributed by atoms with E-state index in [0.717, 1.165) is 31.9 Å². The molecule has 1 aliphatic heterocycles. The highest BCUT2D eigenvalue weighted by Gasteiger charge is 2.22. The predicted molar refractivity (Wildman–Crippen MR) is 74.5 cm³/mol. The maximum atomic E-state index is 5.92. The summed E-state index contributed by atoms with van der Waals surface area (Å²) >= 11 is 0. The first-order valence-electron chi connectivity index (χ1n) is 6.46. The Kier molecular flexibility index (Phi) is 3.57. The van der Waals surface area contributed by atoms with Crippen LogP contribution in [0.4, 0.5) is 11.4 Å². The van der Waals surface area contributed by atoms with Crippen molar-refractivity contribution in [3.8, 4) is 0 Å². The molecule has 1 aromatic carbocycles. The van der Waals surface area contributed by atoms with Crippen LogP contribution in [0.2, 0.25) is 0 Å². The van der Waals surface area contributed by atoms with Gasteiger partial charge in [-0.1, -0.05) is 6.92 Å². The van der Waals surface area contributed by atoms with Gasteiger partial charge in [0.05, 0.1) is 0 Å². The van der Waals surface area contributed by atoms with E-state index in [1.165, 1.54) is 11.3 Å². The van der Waals surface area contributed by atoms with Crippen LogP contribution in [-0.4, -0.2) is 37.1 Å². The molecule has 1 saturated heterocycles. The van der Waals surface area contributed by atoms with Crippen molar-refractivity contribution in [2.24, 2.45) is 0 Å². The number of aryl methyl sites for hydroxylation is 1. The highest BCUT2D eigenvalue weighted by molar-refractivity contribution is 5.58. The van der Waals surface area contributed by atoms with Crippen LogP contribution >= 0.6 is 0 Å². The number of nitrogens with two attached hydrogens (primary N) is 1. The second-order valence-corrected chi connectivity index (χ2v) is 5.03. The lowest BCUT2D eigenvalue weighted by Gasteiger charge is -2.40. The third-order valence-electron chi connectivity index (χ3n) is 3.62. The van der Waals surface area contributed by atoms with E-state index in [1.54, 1.807) is 0 Å². The van der Waals surface area contributed by atoms with Gasteiger partial charge in [0.25, 0.3) is 0 Å². The largest absolute Gasteiger partial charge is 0.399 e. The molecule has 0 aliphatic carbocycles. The van der Waals surface area contributed by atoms with Crippen molar-refractivity contribution < 1.29 is 0 Å². The van der Waals surface area contributed by atoms with Gasteiger partial charge in [0, 0.05) is 37.1 Å². The summed E-state index contributed by atoms with van der Waals surface area (Å²) in [7, 11) is 0. The van der Waals surface area contributed by atoms with Crippen molar-refractivity contribution in [2.45, 2.75) is 26.8 Å². The van der Waals surface area contributed by atoms with Gasteiger partial charge in [-0.05, 0) is 44.2 Å². The zero-order valence-electron chi connectivity index (χ0n) is 11.1. The Labute approximate surface area is 104 Å². The maximum absolute atomic E-state index is 5.92. The second-order valence-electron chi connectivity index (χ2n) is 5.03. The molecule has 94 valence electrons. The molecule has 0 radical (unpaired) electrons. The molecule has 3 nitrogen and oxygen atoms in total. The van der Waals surface area contributed by atoms with Crippen molar-refractivity contribution in [3.05, 3.63) is 23.8 Å². The quantitative estimate of drug-likeness (QED) is 0.794. The van der Waals surface area contributed by atoms with Crippen LogP contribution < -0.4 is 10.6 Å². The van der Waals surface area contributed by atoms with Crippen molar-refractivity contribution in [1.29, 1.82) is 0 Å². The summed E-state index contributed by atoms with van der Waals surface area (Å²) < 4.78 is 0. The van der Waals surface area contributed by atoms with E-state index in [0.29, 0.717) is 6.04 Å². The molecule has 0 spiro atoms. The molecule has 0 amide bonds. The average Bonchev–Trinajstić information content (AvgIpc) is 2.27. The molecule has 1 aliphatic rings. The third kappa shape index (κ3) is 2.72. The van der Waals surface area contributed by atoms with Gasteiger partial charge >= 0.3 is 0 Å². The average molecular weight is 233 g/mol. The normalized spacial score (nSPS) is 21.8. The summed E-state index contributed by atoms with van der Waals surface area (Å²) in [6, 6.07) is 6.96. The highest BCUT2D eigenvalue weighted by atomic mass is 15.3. The number of benzene rings is 1. The molecular formula is C14H23N3. The van der Waals surface area contributed by atoms with Crippen LogP contribution in [0.3, 0.4) is 0 Å². The summed E-state index contributed by atoms with van der Waals surface area (Å²) in [6.45, 7) is 11.1. The number of nitrogens with zero attached hydrogens (tertiary/aromatic N) is 2. The Morgan fingerprint density at radius 1 is 1.29 bits per heavy atom. The zero-order chi connectivity index (χ0) is 12.4. The minimum atomic E-state index is 0.621. The summed E-state index contributed by atoms with van der Waals surface area (Å²) in [5, 5.41) is 0. The van der Waals surface area contributed by atoms with Gasteiger partial charge in [0.2, 0.25) is 0 Å². The zero-order valence-corrected chi connectivity index (χ0v) is 11.1. The fourth-order valence-electron chi connectivity index (χ4n) is 2.67. The molecule has 0 bridgehead atoms. The summed E-state index contributed by atoms with van der Waals surface area (Å²) in [6.07, 6.45) is 0. The fraction of sp³-hybridized carbons (Fsp3) is 0.571. The monoisotopic (exact) mass is 233 g/mol. The van der Waals surface area contributed by atoms with Crippen LogP contribution in [0, 0.1) is 6.92 Å². The van der Waals surface area contributed by atoms with Gasteiger partial charge in [-0.3, -0.25) is 4.90 Å². The van der Waals surface area contributed by atoms with E-state index in [9.17, 15) is 0 Å². The third-order valence-corrected chi connectivity index (χ3v) is 3.62. The first-order chi connectivity index (χ1) is 8.10. The standard InChI is InChI=1S/C14H23N3/c1-4-16-5-6-17(10-12(16)3)14-8-11(2)7-13(15)9-14/h7-9,12H,4-6,10,15H2,1-3H3. The Morgan fingerprint density at radius 2 is 2.06 bits per heavy atom. The first-order valence-corrected chi connectivity index (χ1v) is 6.46. The van der Waals surface area contributed by atoms with Crippen LogP contribution in [-0.2, 0) is 0 Å². The number of anilines is 2. The number of nitrogen functional groups attached to an aromatic ring is 1. The topological polar surface area (TPSA) is 32.5 Å². The first kappa shape index (κ1) is 12.2. The van der Waals surface area contributed by atoms with Gasteiger partial charge < -0.3 is 10.6 Å². The molecule has 3 heteroatoms. The van der Waals surface area contributed by atoms with E-state index >= 15 is 0 Å². The summed E-state index contributed by atoms with van der Waals surface area (Å²) in [5.41, 5.74) is 9.29. The molecule has 1 unspecified atom stereocenters. The van der Waals surface area contributed by atoms with E-state index < -0.39 is 0 Å². The molecule has 2 rings (SSSR count).